The van der Waals surface area contributed by atoms with Gasteiger partial charge in [0.1, 0.15) is 5.82 Å². The van der Waals surface area contributed by atoms with E-state index in [9.17, 15) is 4.39 Å². The maximum absolute atomic E-state index is 13.6. The number of benzene rings is 1. The van der Waals surface area contributed by atoms with Crippen LogP contribution in [0.15, 0.2) is 18.2 Å². The standard InChI is InChI=1S/C16H23FN2/c1-12-4-2-3-8-16(12,11-18)19-9-7-13-5-6-14(17)10-15(13)19/h5-6,10,12H,2-4,7-9,11,18H2,1H3. The third-order valence-electron chi connectivity index (χ3n) is 5.25. The molecule has 3 rings (SSSR count). The summed E-state index contributed by atoms with van der Waals surface area (Å²) in [5.41, 5.74) is 8.56. The van der Waals surface area contributed by atoms with Crippen LogP contribution in [-0.2, 0) is 6.42 Å². The summed E-state index contributed by atoms with van der Waals surface area (Å²) >= 11 is 0. The van der Waals surface area contributed by atoms with Crippen molar-refractivity contribution in [3.8, 4) is 0 Å². The molecule has 2 nitrogen and oxygen atoms in total. The second-order valence-corrected chi connectivity index (χ2v) is 6.13. The normalized spacial score (nSPS) is 30.5. The van der Waals surface area contributed by atoms with Gasteiger partial charge in [-0.1, -0.05) is 25.8 Å². The highest BCUT2D eigenvalue weighted by Gasteiger charge is 2.44. The lowest BCUT2D eigenvalue weighted by atomic mass is 9.72. The summed E-state index contributed by atoms with van der Waals surface area (Å²) in [5, 5.41) is 0. The molecule has 0 aromatic heterocycles. The molecule has 0 bridgehead atoms. The van der Waals surface area contributed by atoms with E-state index in [-0.39, 0.29) is 11.4 Å². The Morgan fingerprint density at radius 3 is 3.00 bits per heavy atom. The molecular weight excluding hydrogens is 239 g/mol. The highest BCUT2D eigenvalue weighted by molar-refractivity contribution is 5.60. The van der Waals surface area contributed by atoms with Gasteiger partial charge >= 0.3 is 0 Å². The Kier molecular flexibility index (Phi) is 3.25. The first-order chi connectivity index (χ1) is 9.17. The summed E-state index contributed by atoms with van der Waals surface area (Å²) in [7, 11) is 0. The SMILES string of the molecule is CC1CCCCC1(CN)N1CCc2ccc(F)cc21. The van der Waals surface area contributed by atoms with Crippen LogP contribution in [0.1, 0.15) is 38.2 Å². The lowest BCUT2D eigenvalue weighted by Gasteiger charge is -2.50. The van der Waals surface area contributed by atoms with Crippen molar-refractivity contribution in [2.75, 3.05) is 18.0 Å². The van der Waals surface area contributed by atoms with E-state index in [1.54, 1.807) is 12.1 Å². The van der Waals surface area contributed by atoms with Crippen molar-refractivity contribution in [3.63, 3.8) is 0 Å². The zero-order valence-corrected chi connectivity index (χ0v) is 11.7. The van der Waals surface area contributed by atoms with E-state index in [0.29, 0.717) is 12.5 Å². The molecule has 1 fully saturated rings. The highest BCUT2D eigenvalue weighted by Crippen LogP contribution is 2.43. The molecule has 1 aromatic carbocycles. The third kappa shape index (κ3) is 1.95. The quantitative estimate of drug-likeness (QED) is 0.887. The Hall–Kier alpha value is -1.09. The van der Waals surface area contributed by atoms with Crippen LogP contribution >= 0.6 is 0 Å². The predicted molar refractivity (Wildman–Crippen MR) is 76.9 cm³/mol. The molecule has 0 saturated heterocycles. The number of fused-ring (bicyclic) bond motifs is 1. The Labute approximate surface area is 114 Å². The average molecular weight is 262 g/mol. The van der Waals surface area contributed by atoms with E-state index in [4.69, 9.17) is 5.73 Å². The van der Waals surface area contributed by atoms with Crippen molar-refractivity contribution in [2.45, 2.75) is 44.6 Å². The smallest absolute Gasteiger partial charge is 0.125 e. The Morgan fingerprint density at radius 2 is 2.26 bits per heavy atom. The van der Waals surface area contributed by atoms with Gasteiger partial charge in [0.2, 0.25) is 0 Å². The summed E-state index contributed by atoms with van der Waals surface area (Å²) in [6.45, 7) is 3.97. The van der Waals surface area contributed by atoms with Crippen molar-refractivity contribution in [2.24, 2.45) is 11.7 Å². The Balaban J connectivity index is 2.00. The lowest BCUT2D eigenvalue weighted by Crippen LogP contribution is -2.59. The van der Waals surface area contributed by atoms with Crippen LogP contribution in [0.3, 0.4) is 0 Å². The van der Waals surface area contributed by atoms with E-state index >= 15 is 0 Å². The number of rotatable bonds is 2. The lowest BCUT2D eigenvalue weighted by molar-refractivity contribution is 0.199. The third-order valence-corrected chi connectivity index (χ3v) is 5.25. The maximum Gasteiger partial charge on any atom is 0.125 e. The fourth-order valence-corrected chi connectivity index (χ4v) is 4.03. The van der Waals surface area contributed by atoms with Crippen LogP contribution in [0.25, 0.3) is 0 Å². The van der Waals surface area contributed by atoms with Crippen molar-refractivity contribution in [3.05, 3.63) is 29.6 Å². The van der Waals surface area contributed by atoms with Crippen LogP contribution in [0.2, 0.25) is 0 Å². The second kappa shape index (κ2) is 4.78. The van der Waals surface area contributed by atoms with Gasteiger partial charge in [0.25, 0.3) is 0 Å². The summed E-state index contributed by atoms with van der Waals surface area (Å²) in [6.07, 6.45) is 5.93. The second-order valence-electron chi connectivity index (χ2n) is 6.13. The van der Waals surface area contributed by atoms with E-state index in [1.807, 2.05) is 6.07 Å². The number of anilines is 1. The molecule has 0 radical (unpaired) electrons. The Bertz CT molecular complexity index is 474. The topological polar surface area (TPSA) is 29.3 Å². The van der Waals surface area contributed by atoms with Crippen molar-refractivity contribution in [1.82, 2.24) is 0 Å². The van der Waals surface area contributed by atoms with Crippen LogP contribution < -0.4 is 10.6 Å². The fourth-order valence-electron chi connectivity index (χ4n) is 4.03. The first kappa shape index (κ1) is 12.9. The van der Waals surface area contributed by atoms with E-state index in [1.165, 1.54) is 24.8 Å². The molecule has 2 unspecified atom stereocenters. The summed E-state index contributed by atoms with van der Waals surface area (Å²) in [6, 6.07) is 5.20. The zero-order valence-electron chi connectivity index (χ0n) is 11.7. The molecule has 1 aromatic rings. The molecule has 3 heteroatoms. The molecule has 104 valence electrons. The molecule has 0 amide bonds. The summed E-state index contributed by atoms with van der Waals surface area (Å²) < 4.78 is 13.6. The molecule has 2 aliphatic rings. The van der Waals surface area contributed by atoms with Gasteiger partial charge in [-0.15, -0.1) is 0 Å². The van der Waals surface area contributed by atoms with Gasteiger partial charge < -0.3 is 10.6 Å². The first-order valence-corrected chi connectivity index (χ1v) is 7.43. The number of nitrogens with zero attached hydrogens (tertiary/aromatic N) is 1. The molecule has 1 saturated carbocycles. The van der Waals surface area contributed by atoms with Crippen LogP contribution in [0, 0.1) is 11.7 Å². The number of hydrogen-bond donors (Lipinski definition) is 1. The van der Waals surface area contributed by atoms with E-state index in [2.05, 4.69) is 11.8 Å². The molecule has 2 atom stereocenters. The van der Waals surface area contributed by atoms with Gasteiger partial charge in [-0.2, -0.15) is 0 Å². The van der Waals surface area contributed by atoms with Gasteiger partial charge in [0.05, 0.1) is 5.54 Å². The van der Waals surface area contributed by atoms with Crippen LogP contribution in [0.5, 0.6) is 0 Å². The summed E-state index contributed by atoms with van der Waals surface area (Å²) in [5.74, 6) is 0.446. The molecule has 19 heavy (non-hydrogen) atoms. The minimum absolute atomic E-state index is 0.0390. The fraction of sp³-hybridized carbons (Fsp3) is 0.625. The van der Waals surface area contributed by atoms with Crippen LogP contribution in [-0.4, -0.2) is 18.6 Å². The molecule has 1 aliphatic carbocycles. The molecule has 1 heterocycles. The predicted octanol–water partition coefficient (Wildman–Crippen LogP) is 3.10. The minimum atomic E-state index is -0.138. The van der Waals surface area contributed by atoms with Gasteiger partial charge in [0.15, 0.2) is 0 Å². The van der Waals surface area contributed by atoms with Crippen molar-refractivity contribution in [1.29, 1.82) is 0 Å². The number of nitrogens with two attached hydrogens (primary N) is 1. The molecule has 1 aliphatic heterocycles. The monoisotopic (exact) mass is 262 g/mol. The van der Waals surface area contributed by atoms with Gasteiger partial charge in [-0.3, -0.25) is 0 Å². The van der Waals surface area contributed by atoms with Gasteiger partial charge in [-0.05, 0) is 42.9 Å². The molecule has 2 N–H and O–H groups in total. The minimum Gasteiger partial charge on any atom is -0.364 e. The van der Waals surface area contributed by atoms with Crippen molar-refractivity contribution < 1.29 is 4.39 Å². The largest absolute Gasteiger partial charge is 0.364 e. The summed E-state index contributed by atoms with van der Waals surface area (Å²) in [4.78, 5) is 2.41. The van der Waals surface area contributed by atoms with Gasteiger partial charge in [0, 0.05) is 18.8 Å². The van der Waals surface area contributed by atoms with Crippen LogP contribution in [0.4, 0.5) is 10.1 Å². The highest BCUT2D eigenvalue weighted by atomic mass is 19.1. The molecule has 0 spiro atoms. The maximum atomic E-state index is 13.6. The molecular formula is C16H23FN2. The van der Waals surface area contributed by atoms with E-state index < -0.39 is 0 Å². The Morgan fingerprint density at radius 1 is 1.42 bits per heavy atom. The average Bonchev–Trinajstić information content (AvgIpc) is 2.83. The number of halogens is 1. The van der Waals surface area contributed by atoms with E-state index in [0.717, 1.165) is 25.1 Å². The number of hydrogen-bond acceptors (Lipinski definition) is 2. The first-order valence-electron chi connectivity index (χ1n) is 7.43. The van der Waals surface area contributed by atoms with Gasteiger partial charge in [-0.25, -0.2) is 4.39 Å². The zero-order chi connectivity index (χ0) is 13.5. The van der Waals surface area contributed by atoms with Crippen molar-refractivity contribution >= 4 is 5.69 Å².